The van der Waals surface area contributed by atoms with E-state index in [1.807, 2.05) is 4.90 Å². The quantitative estimate of drug-likeness (QED) is 0.924. The molecule has 0 atom stereocenters. The Morgan fingerprint density at radius 3 is 2.67 bits per heavy atom. The monoisotopic (exact) mass is 287 g/mol. The van der Waals surface area contributed by atoms with Gasteiger partial charge in [-0.3, -0.25) is 4.79 Å². The Labute approximate surface area is 127 Å². The summed E-state index contributed by atoms with van der Waals surface area (Å²) in [5.74, 6) is 0.763. The van der Waals surface area contributed by atoms with Gasteiger partial charge in [-0.25, -0.2) is 0 Å². The lowest BCUT2D eigenvalue weighted by molar-refractivity contribution is -0.119. The highest BCUT2D eigenvalue weighted by Gasteiger charge is 2.25. The van der Waals surface area contributed by atoms with Crippen LogP contribution in [0.1, 0.15) is 25.8 Å². The van der Waals surface area contributed by atoms with Gasteiger partial charge in [-0.1, -0.05) is 13.8 Å². The average molecular weight is 287 g/mol. The lowest BCUT2D eigenvalue weighted by atomic mass is 9.99. The van der Waals surface area contributed by atoms with E-state index in [1.54, 1.807) is 0 Å². The van der Waals surface area contributed by atoms with Crippen molar-refractivity contribution in [1.82, 2.24) is 5.32 Å². The van der Waals surface area contributed by atoms with E-state index < -0.39 is 0 Å². The summed E-state index contributed by atoms with van der Waals surface area (Å²) in [7, 11) is 0. The summed E-state index contributed by atoms with van der Waals surface area (Å²) < 4.78 is 0. The molecule has 1 aromatic carbocycles. The first-order valence-electron chi connectivity index (χ1n) is 8.04. The lowest BCUT2D eigenvalue weighted by Gasteiger charge is -2.34. The molecule has 1 aromatic rings. The van der Waals surface area contributed by atoms with Gasteiger partial charge < -0.3 is 15.1 Å². The first-order chi connectivity index (χ1) is 10.1. The van der Waals surface area contributed by atoms with Crippen LogP contribution in [0.3, 0.4) is 0 Å². The second-order valence-electron chi connectivity index (χ2n) is 6.45. The van der Waals surface area contributed by atoms with Gasteiger partial charge in [-0.05, 0) is 36.1 Å². The summed E-state index contributed by atoms with van der Waals surface area (Å²) in [4.78, 5) is 16.6. The number of nitrogens with zero attached hydrogens (tertiary/aromatic N) is 2. The fourth-order valence-corrected chi connectivity index (χ4v) is 3.23. The van der Waals surface area contributed by atoms with E-state index in [9.17, 15) is 4.79 Å². The predicted octanol–water partition coefficient (Wildman–Crippen LogP) is 2.03. The van der Waals surface area contributed by atoms with Crippen molar-refractivity contribution < 1.29 is 4.79 Å². The summed E-state index contributed by atoms with van der Waals surface area (Å²) in [5.41, 5.74) is 3.75. The van der Waals surface area contributed by atoms with Crippen molar-refractivity contribution in [1.29, 1.82) is 0 Å². The number of rotatable bonds is 3. The number of hydrogen-bond acceptors (Lipinski definition) is 3. The molecule has 0 radical (unpaired) electrons. The van der Waals surface area contributed by atoms with E-state index in [1.165, 1.54) is 11.3 Å². The number of benzene rings is 1. The van der Waals surface area contributed by atoms with E-state index in [2.05, 4.69) is 42.3 Å². The third kappa shape index (κ3) is 3.05. The van der Waals surface area contributed by atoms with E-state index in [-0.39, 0.29) is 5.91 Å². The molecule has 3 rings (SSSR count). The summed E-state index contributed by atoms with van der Waals surface area (Å²) in [6, 6.07) is 6.61. The Morgan fingerprint density at radius 2 is 1.95 bits per heavy atom. The number of nitrogens with one attached hydrogen (secondary N) is 1. The van der Waals surface area contributed by atoms with Gasteiger partial charge in [0.15, 0.2) is 0 Å². The number of piperazine rings is 1. The first kappa shape index (κ1) is 14.4. The minimum absolute atomic E-state index is 0.270. The fourth-order valence-electron chi connectivity index (χ4n) is 3.23. The Balaban J connectivity index is 1.86. The van der Waals surface area contributed by atoms with Gasteiger partial charge in [0.1, 0.15) is 0 Å². The molecule has 114 valence electrons. The third-order valence-electron chi connectivity index (χ3n) is 4.29. The summed E-state index contributed by atoms with van der Waals surface area (Å²) in [5, 5.41) is 3.39. The molecule has 2 aliphatic heterocycles. The number of fused-ring (bicyclic) bond motifs is 1. The van der Waals surface area contributed by atoms with Gasteiger partial charge in [0.25, 0.3) is 0 Å². The van der Waals surface area contributed by atoms with Gasteiger partial charge in [0.2, 0.25) is 5.91 Å². The van der Waals surface area contributed by atoms with Crippen LogP contribution in [0, 0.1) is 5.92 Å². The average Bonchev–Trinajstić information content (AvgIpc) is 2.50. The number of hydrogen-bond donors (Lipinski definition) is 1. The molecule has 1 amide bonds. The second kappa shape index (κ2) is 6.06. The molecule has 0 bridgehead atoms. The maximum Gasteiger partial charge on any atom is 0.227 e. The van der Waals surface area contributed by atoms with Crippen molar-refractivity contribution in [3.63, 3.8) is 0 Å². The maximum atomic E-state index is 12.2. The largest absolute Gasteiger partial charge is 0.369 e. The minimum Gasteiger partial charge on any atom is -0.369 e. The fraction of sp³-hybridized carbons (Fsp3) is 0.588. The second-order valence-corrected chi connectivity index (χ2v) is 6.45. The van der Waals surface area contributed by atoms with Gasteiger partial charge >= 0.3 is 0 Å². The highest BCUT2D eigenvalue weighted by atomic mass is 16.2. The van der Waals surface area contributed by atoms with Crippen molar-refractivity contribution in [3.05, 3.63) is 23.8 Å². The van der Waals surface area contributed by atoms with Crippen molar-refractivity contribution in [3.8, 4) is 0 Å². The van der Waals surface area contributed by atoms with Crippen LogP contribution in [0.15, 0.2) is 18.2 Å². The first-order valence-corrected chi connectivity index (χ1v) is 8.04. The molecule has 0 saturated carbocycles. The van der Waals surface area contributed by atoms with E-state index in [4.69, 9.17) is 0 Å². The van der Waals surface area contributed by atoms with E-state index in [0.29, 0.717) is 12.3 Å². The molecule has 2 heterocycles. The predicted molar refractivity (Wildman–Crippen MR) is 87.0 cm³/mol. The molecule has 0 aliphatic carbocycles. The van der Waals surface area contributed by atoms with Crippen LogP contribution in [0.2, 0.25) is 0 Å². The van der Waals surface area contributed by atoms with Crippen LogP contribution >= 0.6 is 0 Å². The van der Waals surface area contributed by atoms with Crippen LogP contribution < -0.4 is 15.1 Å². The molecular formula is C17H25N3O. The molecule has 0 spiro atoms. The molecule has 4 heteroatoms. The molecule has 4 nitrogen and oxygen atoms in total. The van der Waals surface area contributed by atoms with Crippen LogP contribution in [0.25, 0.3) is 0 Å². The molecule has 21 heavy (non-hydrogen) atoms. The third-order valence-corrected chi connectivity index (χ3v) is 4.29. The number of aryl methyl sites for hydroxylation is 1. The summed E-state index contributed by atoms with van der Waals surface area (Å²) in [6.45, 7) is 9.37. The molecule has 1 saturated heterocycles. The zero-order valence-electron chi connectivity index (χ0n) is 13.1. The van der Waals surface area contributed by atoms with Crippen molar-refractivity contribution in [2.75, 3.05) is 42.5 Å². The zero-order chi connectivity index (χ0) is 14.8. The number of anilines is 2. The van der Waals surface area contributed by atoms with Gasteiger partial charge in [0.05, 0.1) is 0 Å². The standard InChI is InChI=1S/C17H25N3O/c1-13(2)12-20-16-5-4-15(19-9-7-18-8-10-19)11-14(16)3-6-17(20)21/h4-5,11,13,18H,3,6-10,12H2,1-2H3. The number of amides is 1. The number of carbonyl (C=O) groups is 1. The Morgan fingerprint density at radius 1 is 1.19 bits per heavy atom. The van der Waals surface area contributed by atoms with Crippen LogP contribution in [-0.2, 0) is 11.2 Å². The highest BCUT2D eigenvalue weighted by molar-refractivity contribution is 5.96. The SMILES string of the molecule is CC(C)CN1C(=O)CCc2cc(N3CCNCC3)ccc21. The Hall–Kier alpha value is -1.55. The summed E-state index contributed by atoms with van der Waals surface area (Å²) in [6.07, 6.45) is 1.52. The molecule has 1 fully saturated rings. The highest BCUT2D eigenvalue weighted by Crippen LogP contribution is 2.32. The molecule has 1 N–H and O–H groups in total. The maximum absolute atomic E-state index is 12.2. The molecule has 0 aromatic heterocycles. The van der Waals surface area contributed by atoms with Gasteiger partial charge in [-0.15, -0.1) is 0 Å². The summed E-state index contributed by atoms with van der Waals surface area (Å²) >= 11 is 0. The Kier molecular flexibility index (Phi) is 4.15. The van der Waals surface area contributed by atoms with Crippen LogP contribution in [-0.4, -0.2) is 38.6 Å². The minimum atomic E-state index is 0.270. The van der Waals surface area contributed by atoms with Crippen LogP contribution in [0.5, 0.6) is 0 Å². The van der Waals surface area contributed by atoms with Crippen LogP contribution in [0.4, 0.5) is 11.4 Å². The lowest BCUT2D eigenvalue weighted by Crippen LogP contribution is -2.43. The van der Waals surface area contributed by atoms with Crippen molar-refractivity contribution in [2.24, 2.45) is 5.92 Å². The van der Waals surface area contributed by atoms with Gasteiger partial charge in [-0.2, -0.15) is 0 Å². The van der Waals surface area contributed by atoms with Crippen molar-refractivity contribution >= 4 is 17.3 Å². The molecule has 0 unspecified atom stereocenters. The van der Waals surface area contributed by atoms with E-state index >= 15 is 0 Å². The van der Waals surface area contributed by atoms with Crippen molar-refractivity contribution in [2.45, 2.75) is 26.7 Å². The molecular weight excluding hydrogens is 262 g/mol. The Bertz CT molecular complexity index is 521. The smallest absolute Gasteiger partial charge is 0.227 e. The van der Waals surface area contributed by atoms with Gasteiger partial charge in [0, 0.05) is 50.5 Å². The normalized spacial score (nSPS) is 19.1. The van der Waals surface area contributed by atoms with E-state index in [0.717, 1.165) is 44.8 Å². The topological polar surface area (TPSA) is 35.6 Å². The number of carbonyl (C=O) groups excluding carboxylic acids is 1. The molecule has 2 aliphatic rings. The zero-order valence-corrected chi connectivity index (χ0v) is 13.1.